The highest BCUT2D eigenvalue weighted by molar-refractivity contribution is 7.83. The van der Waals surface area contributed by atoms with E-state index >= 15 is 0 Å². The monoisotopic (exact) mass is 100.0 g/mol. The van der Waals surface area contributed by atoms with Crippen LogP contribution in [0.1, 0.15) is 0 Å². The first kappa shape index (κ1) is 4.87. The molecule has 0 aromatic rings. The maximum absolute atomic E-state index is 8.97. The quantitative estimate of drug-likeness (QED) is 0.373. The third kappa shape index (κ3) is 801. The predicted molar refractivity (Wildman–Crippen MR) is 15.7 cm³/mol. The van der Waals surface area contributed by atoms with Crippen molar-refractivity contribution in [2.24, 2.45) is 5.14 Å². The zero-order valence-electron chi connectivity index (χ0n) is 2.25. The first-order chi connectivity index (χ1) is 2.00. The summed E-state index contributed by atoms with van der Waals surface area (Å²) in [4.78, 5) is 0. The van der Waals surface area contributed by atoms with Crippen molar-refractivity contribution in [3.63, 3.8) is 0 Å². The largest absolute Gasteiger partial charge is 0.330 e. The van der Waals surface area contributed by atoms with Gasteiger partial charge in [-0.1, -0.05) is 0 Å². The lowest BCUT2D eigenvalue weighted by Crippen LogP contribution is -2.08. The van der Waals surface area contributed by atoms with E-state index in [0.29, 0.717) is 0 Å². The number of hydrogen-bond acceptors (Lipinski definition) is 2. The fraction of sp³-hybridized carbons (Fsp3) is 0. The van der Waals surface area contributed by atoms with Gasteiger partial charge in [0.25, 0.3) is 0 Å². The summed E-state index contributed by atoms with van der Waals surface area (Å²) in [6, 6.07) is 0. The third-order valence-corrected chi connectivity index (χ3v) is 0. The van der Waals surface area contributed by atoms with E-state index in [-0.39, 0.29) is 0 Å². The van der Waals surface area contributed by atoms with Gasteiger partial charge in [-0.2, -0.15) is 8.42 Å². The smallest absolute Gasteiger partial charge is 0.274 e. The van der Waals surface area contributed by atoms with Crippen molar-refractivity contribution in [1.29, 1.82) is 0 Å². The zero-order valence-corrected chi connectivity index (χ0v) is 3.07. The van der Waals surface area contributed by atoms with E-state index in [1.165, 1.54) is 0 Å². The summed E-state index contributed by atoms with van der Waals surface area (Å²) in [5, 5.41) is 3.88. The Morgan fingerprint density at radius 3 is 1.60 bits per heavy atom. The fourth-order valence-electron chi connectivity index (χ4n) is 0. The molecule has 0 fully saturated rings. The Bertz CT molecular complexity index is 90.1. The Morgan fingerprint density at radius 2 is 1.60 bits per heavy atom. The molecule has 0 aromatic heterocycles. The molecule has 0 aliphatic rings. The van der Waals surface area contributed by atoms with Crippen LogP contribution in [-0.2, 0) is 10.3 Å². The minimum absolute atomic E-state index is 3.88. The lowest BCUT2D eigenvalue weighted by Gasteiger charge is -1.70. The number of nitrogens with two attached hydrogens (primary N) is 1. The topological polar surface area (TPSA) is 80.4 Å². The standard InChI is InChI=1S/H3NO3S/c1-5(2,3)4/h(H3,1,2,3,4)/i5+3. The summed E-state index contributed by atoms with van der Waals surface area (Å²) in [6.07, 6.45) is 0. The van der Waals surface area contributed by atoms with Gasteiger partial charge < -0.3 is 0 Å². The van der Waals surface area contributed by atoms with E-state index in [1.54, 1.807) is 0 Å². The van der Waals surface area contributed by atoms with Crippen LogP contribution in [0.2, 0.25) is 0 Å². The Morgan fingerprint density at radius 1 is 1.60 bits per heavy atom. The first-order valence-electron chi connectivity index (χ1n) is 0.752. The molecule has 0 saturated carbocycles. The minimum Gasteiger partial charge on any atom is -0.274 e. The molecule has 0 aliphatic carbocycles. The van der Waals surface area contributed by atoms with E-state index in [2.05, 4.69) is 5.14 Å². The van der Waals surface area contributed by atoms with Crippen LogP contribution >= 0.6 is 0 Å². The average molecular weight is 100.0 g/mol. The molecule has 0 aromatic carbocycles. The van der Waals surface area contributed by atoms with Gasteiger partial charge in [-0.3, -0.25) is 4.55 Å². The van der Waals surface area contributed by atoms with Crippen molar-refractivity contribution < 1.29 is 13.0 Å². The molecule has 0 saturated heterocycles. The highest BCUT2D eigenvalue weighted by atomic mass is 35.1. The van der Waals surface area contributed by atoms with E-state index in [1.807, 2.05) is 0 Å². The Balaban J connectivity index is 4.06. The second kappa shape index (κ2) is 0.925. The molecule has 0 unspecified atom stereocenters. The molecular formula is H3NO3S. The van der Waals surface area contributed by atoms with E-state index in [9.17, 15) is 0 Å². The van der Waals surface area contributed by atoms with Gasteiger partial charge >= 0.3 is 10.3 Å². The molecule has 4 nitrogen and oxygen atoms in total. The number of rotatable bonds is 0. The average Bonchev–Trinajstić information content (AvgIpc) is 0.722. The molecule has 3 N–H and O–H groups in total. The summed E-state index contributed by atoms with van der Waals surface area (Å²) in [6.45, 7) is 0. The van der Waals surface area contributed by atoms with Gasteiger partial charge in [0.2, 0.25) is 0 Å². The van der Waals surface area contributed by atoms with Crippen LogP contribution in [0.3, 0.4) is 0 Å². The van der Waals surface area contributed by atoms with Crippen molar-refractivity contribution in [3.05, 3.63) is 0 Å². The zero-order chi connectivity index (χ0) is 4.50. The molecule has 0 rings (SSSR count). The molecule has 32 valence electrons. The SMILES string of the molecule is N[35S](=O)(=O)O. The molecule has 0 heterocycles. The van der Waals surface area contributed by atoms with Gasteiger partial charge in [-0.05, 0) is 0 Å². The summed E-state index contributed by atoms with van der Waals surface area (Å²) in [7, 11) is -4.17. The second-order valence-corrected chi connectivity index (χ2v) is 1.54. The highest BCUT2D eigenvalue weighted by Gasteiger charge is 1.81. The Labute approximate surface area is 29.5 Å². The summed E-state index contributed by atoms with van der Waals surface area (Å²) >= 11 is 0. The van der Waals surface area contributed by atoms with Gasteiger partial charge in [-0.25, -0.2) is 5.14 Å². The summed E-state index contributed by atoms with van der Waals surface area (Å²) in [5.74, 6) is 0. The van der Waals surface area contributed by atoms with Gasteiger partial charge in [0.15, 0.2) is 0 Å². The van der Waals surface area contributed by atoms with Gasteiger partial charge in [0.1, 0.15) is 0 Å². The molecule has 0 aliphatic heterocycles. The van der Waals surface area contributed by atoms with Crippen molar-refractivity contribution in [3.8, 4) is 0 Å². The lowest BCUT2D eigenvalue weighted by atomic mass is 14.0. The lowest BCUT2D eigenvalue weighted by molar-refractivity contribution is 0.485. The summed E-state index contributed by atoms with van der Waals surface area (Å²) in [5.41, 5.74) is 0. The van der Waals surface area contributed by atoms with Gasteiger partial charge in [-0.15, -0.1) is 0 Å². The van der Waals surface area contributed by atoms with Gasteiger partial charge in [0.05, 0.1) is 0 Å². The molecule has 0 amide bonds. The maximum atomic E-state index is 8.97. The van der Waals surface area contributed by atoms with Crippen molar-refractivity contribution in [2.75, 3.05) is 0 Å². The molecule has 0 bridgehead atoms. The highest BCUT2D eigenvalue weighted by Crippen LogP contribution is 1.50. The first-order valence-corrected chi connectivity index (χ1v) is 2.25. The molecule has 5 heteroatoms. The molecule has 0 atom stereocenters. The van der Waals surface area contributed by atoms with Crippen LogP contribution in [-0.4, -0.2) is 13.0 Å². The third-order valence-electron chi connectivity index (χ3n) is 0. The van der Waals surface area contributed by atoms with Crippen LogP contribution in [0.25, 0.3) is 0 Å². The normalized spacial score (nSPS) is 11.6. The van der Waals surface area contributed by atoms with Crippen LogP contribution < -0.4 is 5.14 Å². The van der Waals surface area contributed by atoms with Crippen LogP contribution in [0.15, 0.2) is 0 Å². The molecular weight excluding hydrogens is 97.0 g/mol. The van der Waals surface area contributed by atoms with Crippen LogP contribution in [0, 0.1) is 0 Å². The Kier molecular flexibility index (Phi) is 0.901. The molecule has 5 heavy (non-hydrogen) atoms. The summed E-state index contributed by atoms with van der Waals surface area (Å²) < 4.78 is 25.2. The van der Waals surface area contributed by atoms with Gasteiger partial charge in [0, 0.05) is 0 Å². The predicted octanol–water partition coefficient (Wildman–Crippen LogP) is -1.25. The van der Waals surface area contributed by atoms with E-state index < -0.39 is 10.3 Å². The Hall–Kier alpha value is -0.130. The molecule has 0 spiro atoms. The number of hydrogen-bond donors (Lipinski definition) is 2. The van der Waals surface area contributed by atoms with Crippen LogP contribution in [0.4, 0.5) is 0 Å². The maximum Gasteiger partial charge on any atom is 0.330 e. The fourth-order valence-corrected chi connectivity index (χ4v) is 0. The molecule has 0 radical (unpaired) electrons. The van der Waals surface area contributed by atoms with E-state index in [0.717, 1.165) is 0 Å². The van der Waals surface area contributed by atoms with Crippen molar-refractivity contribution >= 4 is 10.3 Å². The van der Waals surface area contributed by atoms with E-state index in [4.69, 9.17) is 13.0 Å². The van der Waals surface area contributed by atoms with Crippen molar-refractivity contribution in [2.45, 2.75) is 0 Å². The van der Waals surface area contributed by atoms with Crippen molar-refractivity contribution in [1.82, 2.24) is 0 Å². The second-order valence-electron chi connectivity index (χ2n) is 0.515. The van der Waals surface area contributed by atoms with Crippen LogP contribution in [0.5, 0.6) is 0 Å². The minimum atomic E-state index is -4.17.